The zero-order valence-corrected chi connectivity index (χ0v) is 17.0. The van der Waals surface area contributed by atoms with Gasteiger partial charge in [0.15, 0.2) is 5.11 Å². The van der Waals surface area contributed by atoms with Crippen molar-refractivity contribution in [3.05, 3.63) is 54.1 Å². The third kappa shape index (κ3) is 7.54. The molecule has 28 heavy (non-hydrogen) atoms. The smallest absolute Gasteiger partial charge is 0.257 e. The van der Waals surface area contributed by atoms with Crippen LogP contribution in [0.3, 0.4) is 0 Å². The molecule has 0 aliphatic carbocycles. The van der Waals surface area contributed by atoms with Crippen LogP contribution >= 0.6 is 12.2 Å². The number of thiocarbonyl (C=S) groups is 1. The van der Waals surface area contributed by atoms with Crippen molar-refractivity contribution in [2.75, 3.05) is 31.7 Å². The highest BCUT2D eigenvalue weighted by atomic mass is 32.1. The molecule has 0 saturated carbocycles. The van der Waals surface area contributed by atoms with E-state index in [4.69, 9.17) is 26.4 Å². The van der Waals surface area contributed by atoms with Crippen LogP contribution in [0.25, 0.3) is 0 Å². The van der Waals surface area contributed by atoms with Gasteiger partial charge in [0.1, 0.15) is 18.1 Å². The van der Waals surface area contributed by atoms with Gasteiger partial charge in [-0.05, 0) is 74.1 Å². The molecule has 0 aliphatic heterocycles. The highest BCUT2D eigenvalue weighted by Gasteiger charge is 2.08. The number of hydrogen-bond donors (Lipinski definition) is 2. The van der Waals surface area contributed by atoms with Crippen molar-refractivity contribution in [1.82, 2.24) is 5.32 Å². The Hall–Kier alpha value is -2.64. The minimum atomic E-state index is -0.282. The second-order valence-electron chi connectivity index (χ2n) is 5.85. The first-order valence-corrected chi connectivity index (χ1v) is 9.69. The van der Waals surface area contributed by atoms with Gasteiger partial charge in [-0.25, -0.2) is 0 Å². The van der Waals surface area contributed by atoms with E-state index in [1.54, 1.807) is 24.3 Å². The third-order valence-corrected chi connectivity index (χ3v) is 3.83. The fourth-order valence-corrected chi connectivity index (χ4v) is 2.47. The molecule has 0 unspecified atom stereocenters. The van der Waals surface area contributed by atoms with Crippen LogP contribution in [0.15, 0.2) is 48.5 Å². The van der Waals surface area contributed by atoms with Gasteiger partial charge in [-0.1, -0.05) is 6.92 Å². The topological polar surface area (TPSA) is 68.8 Å². The summed E-state index contributed by atoms with van der Waals surface area (Å²) in [5, 5.41) is 5.87. The van der Waals surface area contributed by atoms with E-state index in [9.17, 15) is 4.79 Å². The average Bonchev–Trinajstić information content (AvgIpc) is 2.71. The summed E-state index contributed by atoms with van der Waals surface area (Å²) in [5.74, 6) is 1.20. The predicted octanol–water partition coefficient (Wildman–Crippen LogP) is 4.02. The van der Waals surface area contributed by atoms with Gasteiger partial charge in [0.25, 0.3) is 5.91 Å². The normalized spacial score (nSPS) is 10.2. The number of rotatable bonds is 10. The molecule has 0 aromatic heterocycles. The lowest BCUT2D eigenvalue weighted by molar-refractivity contribution is 0.0977. The minimum Gasteiger partial charge on any atom is -0.494 e. The first-order valence-electron chi connectivity index (χ1n) is 9.28. The number of anilines is 1. The molecule has 150 valence electrons. The number of carbonyl (C=O) groups excluding carboxylic acids is 1. The third-order valence-electron chi connectivity index (χ3n) is 3.63. The lowest BCUT2D eigenvalue weighted by atomic mass is 10.2. The molecular formula is C21H26N2O4S. The Morgan fingerprint density at radius 1 is 0.893 bits per heavy atom. The monoisotopic (exact) mass is 402 g/mol. The average molecular weight is 403 g/mol. The van der Waals surface area contributed by atoms with Gasteiger partial charge in [0.05, 0.1) is 13.2 Å². The van der Waals surface area contributed by atoms with Crippen LogP contribution in [0.4, 0.5) is 5.69 Å². The number of nitrogens with one attached hydrogen (secondary N) is 2. The molecule has 1 amide bonds. The van der Waals surface area contributed by atoms with E-state index in [0.29, 0.717) is 32.0 Å². The zero-order valence-electron chi connectivity index (χ0n) is 16.2. The van der Waals surface area contributed by atoms with Crippen LogP contribution < -0.4 is 20.1 Å². The zero-order chi connectivity index (χ0) is 20.2. The molecule has 0 radical (unpaired) electrons. The van der Waals surface area contributed by atoms with E-state index >= 15 is 0 Å². The first kappa shape index (κ1) is 21.7. The number of ether oxygens (including phenoxy) is 3. The molecule has 0 fully saturated rings. The molecule has 0 bridgehead atoms. The summed E-state index contributed by atoms with van der Waals surface area (Å²) in [7, 11) is 0. The van der Waals surface area contributed by atoms with Crippen molar-refractivity contribution >= 4 is 28.9 Å². The summed E-state index contributed by atoms with van der Waals surface area (Å²) in [5.41, 5.74) is 1.26. The molecule has 6 nitrogen and oxygen atoms in total. The fourth-order valence-electron chi connectivity index (χ4n) is 2.26. The molecule has 7 heteroatoms. The summed E-state index contributed by atoms with van der Waals surface area (Å²) in [6.07, 6.45) is 0.933. The van der Waals surface area contributed by atoms with Crippen molar-refractivity contribution in [2.24, 2.45) is 0 Å². The summed E-state index contributed by atoms with van der Waals surface area (Å²) in [4.78, 5) is 12.3. The Kier molecular flexibility index (Phi) is 9.24. The molecule has 0 atom stereocenters. The van der Waals surface area contributed by atoms with Crippen molar-refractivity contribution in [3.63, 3.8) is 0 Å². The molecule has 2 aromatic carbocycles. The number of carbonyl (C=O) groups is 1. The maximum Gasteiger partial charge on any atom is 0.257 e. The Morgan fingerprint density at radius 2 is 1.50 bits per heavy atom. The highest BCUT2D eigenvalue weighted by Crippen LogP contribution is 2.16. The predicted molar refractivity (Wildman–Crippen MR) is 114 cm³/mol. The number of benzene rings is 2. The summed E-state index contributed by atoms with van der Waals surface area (Å²) < 4.78 is 16.3. The number of amides is 1. The molecule has 2 N–H and O–H groups in total. The second-order valence-corrected chi connectivity index (χ2v) is 6.26. The van der Waals surface area contributed by atoms with E-state index in [0.717, 1.165) is 23.6 Å². The lowest BCUT2D eigenvalue weighted by Crippen LogP contribution is -2.34. The Labute approximate surface area is 171 Å². The van der Waals surface area contributed by atoms with Gasteiger partial charge in [0, 0.05) is 17.9 Å². The molecule has 0 aliphatic rings. The van der Waals surface area contributed by atoms with Crippen LogP contribution in [-0.2, 0) is 4.74 Å². The van der Waals surface area contributed by atoms with Crippen molar-refractivity contribution in [3.8, 4) is 11.5 Å². The van der Waals surface area contributed by atoms with Gasteiger partial charge < -0.3 is 19.5 Å². The summed E-state index contributed by atoms with van der Waals surface area (Å²) >= 11 is 5.21. The van der Waals surface area contributed by atoms with Crippen LogP contribution in [0, 0.1) is 0 Å². The first-order chi connectivity index (χ1) is 13.6. The van der Waals surface area contributed by atoms with E-state index in [1.807, 2.05) is 38.1 Å². The van der Waals surface area contributed by atoms with Crippen LogP contribution in [0.1, 0.15) is 30.6 Å². The molecule has 2 rings (SSSR count). The molecule has 0 saturated heterocycles. The maximum absolute atomic E-state index is 12.3. The largest absolute Gasteiger partial charge is 0.494 e. The SMILES string of the molecule is CCCOc1ccc(C(=O)NC(=S)Nc2ccc(OCCOCC)cc2)cc1. The van der Waals surface area contributed by atoms with Gasteiger partial charge >= 0.3 is 0 Å². The van der Waals surface area contributed by atoms with Gasteiger partial charge in [-0.15, -0.1) is 0 Å². The van der Waals surface area contributed by atoms with E-state index < -0.39 is 0 Å². The number of hydrogen-bond acceptors (Lipinski definition) is 5. The fraction of sp³-hybridized carbons (Fsp3) is 0.333. The van der Waals surface area contributed by atoms with Crippen molar-refractivity contribution < 1.29 is 19.0 Å². The maximum atomic E-state index is 12.3. The highest BCUT2D eigenvalue weighted by molar-refractivity contribution is 7.80. The van der Waals surface area contributed by atoms with Crippen LogP contribution in [0.2, 0.25) is 0 Å². The van der Waals surface area contributed by atoms with Gasteiger partial charge in [0.2, 0.25) is 0 Å². The van der Waals surface area contributed by atoms with Crippen molar-refractivity contribution in [2.45, 2.75) is 20.3 Å². The Balaban J connectivity index is 1.80. The van der Waals surface area contributed by atoms with E-state index in [2.05, 4.69) is 10.6 Å². The van der Waals surface area contributed by atoms with Gasteiger partial charge in [-0.2, -0.15) is 0 Å². The van der Waals surface area contributed by atoms with Gasteiger partial charge in [-0.3, -0.25) is 10.1 Å². The van der Waals surface area contributed by atoms with E-state index in [1.165, 1.54) is 0 Å². The van der Waals surface area contributed by atoms with Crippen molar-refractivity contribution in [1.29, 1.82) is 0 Å². The molecular weight excluding hydrogens is 376 g/mol. The molecule has 0 heterocycles. The van der Waals surface area contributed by atoms with Crippen LogP contribution in [-0.4, -0.2) is 37.4 Å². The summed E-state index contributed by atoms with van der Waals surface area (Å²) in [6, 6.07) is 14.3. The minimum absolute atomic E-state index is 0.223. The second kappa shape index (κ2) is 11.9. The summed E-state index contributed by atoms with van der Waals surface area (Å²) in [6.45, 7) is 6.36. The molecule has 2 aromatic rings. The standard InChI is InChI=1S/C21H26N2O4S/c1-3-13-26-18-9-5-16(6-10-18)20(24)23-21(28)22-17-7-11-19(12-8-17)27-15-14-25-4-2/h5-12H,3-4,13-15H2,1-2H3,(H2,22,23,24,28). The Morgan fingerprint density at radius 3 is 2.11 bits per heavy atom. The van der Waals surface area contributed by atoms with E-state index in [-0.39, 0.29) is 11.0 Å². The Bertz CT molecular complexity index is 748. The van der Waals surface area contributed by atoms with Crippen LogP contribution in [0.5, 0.6) is 11.5 Å². The molecule has 0 spiro atoms. The quantitative estimate of drug-likeness (QED) is 0.462. The lowest BCUT2D eigenvalue weighted by Gasteiger charge is -2.11.